The predicted molar refractivity (Wildman–Crippen MR) is 77.9 cm³/mol. The lowest BCUT2D eigenvalue weighted by Crippen LogP contribution is -2.59. The molecule has 0 heterocycles. The minimum atomic E-state index is -0.653. The lowest BCUT2D eigenvalue weighted by Gasteiger charge is -2.38. The van der Waals surface area contributed by atoms with Gasteiger partial charge in [0.05, 0.1) is 11.6 Å². The molecule has 3 N–H and O–H groups in total. The minimum Gasteiger partial charge on any atom is -0.347 e. The van der Waals surface area contributed by atoms with Gasteiger partial charge in [0.15, 0.2) is 0 Å². The molecule has 104 valence electrons. The van der Waals surface area contributed by atoms with Crippen LogP contribution in [0.3, 0.4) is 0 Å². The third-order valence-electron chi connectivity index (χ3n) is 3.88. The molecule has 1 saturated carbocycles. The number of hydrogen-bond donors (Lipinski definition) is 2. The van der Waals surface area contributed by atoms with Crippen LogP contribution in [0.2, 0.25) is 5.02 Å². The van der Waals surface area contributed by atoms with E-state index in [1.807, 2.05) is 24.3 Å². The van der Waals surface area contributed by atoms with Crippen molar-refractivity contribution in [2.24, 2.45) is 11.7 Å². The monoisotopic (exact) mass is 280 g/mol. The van der Waals surface area contributed by atoms with Crippen molar-refractivity contribution in [3.8, 4) is 0 Å². The number of benzene rings is 1. The summed E-state index contributed by atoms with van der Waals surface area (Å²) < 4.78 is 0. The summed E-state index contributed by atoms with van der Waals surface area (Å²) in [5.74, 6) is 0.265. The molecule has 1 aromatic carbocycles. The van der Waals surface area contributed by atoms with E-state index >= 15 is 0 Å². The van der Waals surface area contributed by atoms with Crippen LogP contribution in [0.25, 0.3) is 0 Å². The predicted octanol–water partition coefficient (Wildman–Crippen LogP) is 3.03. The summed E-state index contributed by atoms with van der Waals surface area (Å²) in [5, 5.41) is 3.79. The molecule has 3 nitrogen and oxygen atoms in total. The fraction of sp³-hybridized carbons (Fsp3) is 0.533. The number of nitrogens with one attached hydrogen (secondary N) is 1. The second-order valence-corrected chi connectivity index (χ2v) is 6.19. The number of halogens is 1. The molecular weight excluding hydrogens is 260 g/mol. The van der Waals surface area contributed by atoms with E-state index in [1.165, 1.54) is 0 Å². The molecular formula is C15H21ClN2O. The van der Waals surface area contributed by atoms with Gasteiger partial charge in [-0.3, -0.25) is 4.79 Å². The van der Waals surface area contributed by atoms with Gasteiger partial charge in [0, 0.05) is 5.02 Å². The molecule has 1 aromatic rings. The molecule has 0 aliphatic heterocycles. The lowest BCUT2D eigenvalue weighted by atomic mass is 9.76. The first kappa shape index (κ1) is 14.4. The number of carbonyl (C=O) groups excluding carboxylic acids is 1. The van der Waals surface area contributed by atoms with Crippen molar-refractivity contribution in [1.82, 2.24) is 5.32 Å². The summed E-state index contributed by atoms with van der Waals surface area (Å²) in [6.07, 6.45) is 2.60. The van der Waals surface area contributed by atoms with E-state index in [4.69, 9.17) is 17.3 Å². The first-order chi connectivity index (χ1) is 8.92. The smallest absolute Gasteiger partial charge is 0.240 e. The largest absolute Gasteiger partial charge is 0.347 e. The van der Waals surface area contributed by atoms with Crippen molar-refractivity contribution in [3.05, 3.63) is 34.9 Å². The molecule has 0 saturated heterocycles. The Morgan fingerprint density at radius 1 is 1.32 bits per heavy atom. The highest BCUT2D eigenvalue weighted by Crippen LogP contribution is 2.31. The van der Waals surface area contributed by atoms with Gasteiger partial charge in [0.25, 0.3) is 0 Å². The van der Waals surface area contributed by atoms with Crippen LogP contribution in [0.1, 0.15) is 44.7 Å². The zero-order chi connectivity index (χ0) is 14.0. The van der Waals surface area contributed by atoms with Gasteiger partial charge in [-0.15, -0.1) is 0 Å². The van der Waals surface area contributed by atoms with Crippen LogP contribution in [0.4, 0.5) is 0 Å². The first-order valence-electron chi connectivity index (χ1n) is 6.78. The van der Waals surface area contributed by atoms with Crippen molar-refractivity contribution < 1.29 is 4.79 Å². The van der Waals surface area contributed by atoms with Crippen molar-refractivity contribution in [2.45, 2.75) is 44.7 Å². The van der Waals surface area contributed by atoms with Gasteiger partial charge < -0.3 is 11.1 Å². The Labute approximate surface area is 119 Å². The van der Waals surface area contributed by atoms with Crippen molar-refractivity contribution in [2.75, 3.05) is 0 Å². The highest BCUT2D eigenvalue weighted by Gasteiger charge is 2.41. The number of hydrogen-bond acceptors (Lipinski definition) is 2. The third-order valence-corrected chi connectivity index (χ3v) is 4.13. The van der Waals surface area contributed by atoms with E-state index in [2.05, 4.69) is 19.2 Å². The van der Waals surface area contributed by atoms with Gasteiger partial charge in [-0.1, -0.05) is 37.6 Å². The maximum atomic E-state index is 12.2. The average molecular weight is 281 g/mol. The summed E-state index contributed by atoms with van der Waals surface area (Å²) >= 11 is 5.90. The summed E-state index contributed by atoms with van der Waals surface area (Å²) in [5.41, 5.74) is 6.48. The fourth-order valence-electron chi connectivity index (χ4n) is 2.37. The van der Waals surface area contributed by atoms with Gasteiger partial charge in [-0.25, -0.2) is 0 Å². The number of nitrogens with two attached hydrogens (primary N) is 1. The SMILES string of the molecule is CC(C)C(NC(=O)C1(N)CCC1)c1ccc(Cl)cc1. The second-order valence-electron chi connectivity index (χ2n) is 5.76. The molecule has 0 bridgehead atoms. The van der Waals surface area contributed by atoms with E-state index in [0.29, 0.717) is 10.9 Å². The molecule has 4 heteroatoms. The van der Waals surface area contributed by atoms with Gasteiger partial charge >= 0.3 is 0 Å². The topological polar surface area (TPSA) is 55.1 Å². The van der Waals surface area contributed by atoms with Crippen molar-refractivity contribution in [3.63, 3.8) is 0 Å². The van der Waals surface area contributed by atoms with Gasteiger partial charge in [-0.05, 0) is 42.9 Å². The third kappa shape index (κ3) is 3.10. The number of amides is 1. The zero-order valence-corrected chi connectivity index (χ0v) is 12.2. The van der Waals surface area contributed by atoms with E-state index in [9.17, 15) is 4.79 Å². The molecule has 0 aromatic heterocycles. The van der Waals surface area contributed by atoms with Crippen LogP contribution in [-0.2, 0) is 4.79 Å². The van der Waals surface area contributed by atoms with Gasteiger partial charge in [0.2, 0.25) is 5.91 Å². The minimum absolute atomic E-state index is 0.0224. The molecule has 1 aliphatic rings. The Hall–Kier alpha value is -1.06. The van der Waals surface area contributed by atoms with Crippen LogP contribution >= 0.6 is 11.6 Å². The van der Waals surface area contributed by atoms with Crippen LogP contribution < -0.4 is 11.1 Å². The quantitative estimate of drug-likeness (QED) is 0.891. The van der Waals surface area contributed by atoms with E-state index in [1.54, 1.807) is 0 Å². The lowest BCUT2D eigenvalue weighted by molar-refractivity contribution is -0.130. The maximum Gasteiger partial charge on any atom is 0.240 e. The highest BCUT2D eigenvalue weighted by molar-refractivity contribution is 6.30. The molecule has 1 fully saturated rings. The van der Waals surface area contributed by atoms with Gasteiger partial charge in [-0.2, -0.15) is 0 Å². The van der Waals surface area contributed by atoms with Crippen LogP contribution in [0.15, 0.2) is 24.3 Å². The molecule has 1 amide bonds. The Kier molecular flexibility index (Phi) is 4.16. The molecule has 0 spiro atoms. The van der Waals surface area contributed by atoms with Crippen molar-refractivity contribution in [1.29, 1.82) is 0 Å². The van der Waals surface area contributed by atoms with E-state index in [0.717, 1.165) is 24.8 Å². The highest BCUT2D eigenvalue weighted by atomic mass is 35.5. The molecule has 19 heavy (non-hydrogen) atoms. The molecule has 1 unspecified atom stereocenters. The fourth-order valence-corrected chi connectivity index (χ4v) is 2.50. The van der Waals surface area contributed by atoms with Crippen LogP contribution in [-0.4, -0.2) is 11.4 Å². The average Bonchev–Trinajstić information content (AvgIpc) is 2.33. The summed E-state index contributed by atoms with van der Waals surface area (Å²) in [4.78, 5) is 12.2. The van der Waals surface area contributed by atoms with Crippen LogP contribution in [0.5, 0.6) is 0 Å². The maximum absolute atomic E-state index is 12.2. The van der Waals surface area contributed by atoms with Crippen LogP contribution in [0, 0.1) is 5.92 Å². The Morgan fingerprint density at radius 2 is 1.89 bits per heavy atom. The summed E-state index contributed by atoms with van der Waals surface area (Å²) in [6, 6.07) is 7.58. The Balaban J connectivity index is 2.12. The summed E-state index contributed by atoms with van der Waals surface area (Å²) in [7, 11) is 0. The van der Waals surface area contributed by atoms with E-state index in [-0.39, 0.29) is 11.9 Å². The Bertz CT molecular complexity index is 452. The second kappa shape index (κ2) is 5.51. The summed E-state index contributed by atoms with van der Waals surface area (Å²) in [6.45, 7) is 4.17. The van der Waals surface area contributed by atoms with E-state index < -0.39 is 5.54 Å². The molecule has 1 atom stereocenters. The standard InChI is InChI=1S/C15H21ClN2O/c1-10(2)13(11-4-6-12(16)7-5-11)18-14(19)15(17)8-3-9-15/h4-7,10,13H,3,8-9,17H2,1-2H3,(H,18,19). The molecule has 1 aliphatic carbocycles. The first-order valence-corrected chi connectivity index (χ1v) is 7.15. The number of rotatable bonds is 4. The normalized spacial score (nSPS) is 18.8. The molecule has 2 rings (SSSR count). The zero-order valence-electron chi connectivity index (χ0n) is 11.4. The number of carbonyl (C=O) groups is 1. The molecule has 0 radical (unpaired) electrons. The van der Waals surface area contributed by atoms with Gasteiger partial charge in [0.1, 0.15) is 0 Å². The van der Waals surface area contributed by atoms with Crippen molar-refractivity contribution >= 4 is 17.5 Å². The Morgan fingerprint density at radius 3 is 2.32 bits per heavy atom.